The van der Waals surface area contributed by atoms with Crippen molar-refractivity contribution in [3.63, 3.8) is 0 Å². The number of aromatic nitrogens is 2. The Balaban J connectivity index is 1.59. The standard InChI is InChI=1S/C20H23N3O3S2/c1-3-9-23-19(25)16-14-7-4-8-15(14)28-18(16)22-20(23)27-12(2)17(24)21-11-13-6-5-10-26-13/h5-6,10,12H,3-4,7-9,11H2,1-2H3,(H,21,24)/t12-/m0/s1. The number of amides is 1. The number of nitrogens with zero attached hydrogens (tertiary/aromatic N) is 2. The zero-order valence-electron chi connectivity index (χ0n) is 16.0. The van der Waals surface area contributed by atoms with Crippen molar-refractivity contribution >= 4 is 39.2 Å². The third-order valence-electron chi connectivity index (χ3n) is 4.91. The van der Waals surface area contributed by atoms with Gasteiger partial charge in [0.2, 0.25) is 5.91 Å². The summed E-state index contributed by atoms with van der Waals surface area (Å²) in [5.74, 6) is 0.605. The molecule has 1 aliphatic carbocycles. The van der Waals surface area contributed by atoms with E-state index in [4.69, 9.17) is 9.40 Å². The Hall–Kier alpha value is -2.06. The van der Waals surface area contributed by atoms with Gasteiger partial charge >= 0.3 is 0 Å². The number of aryl methyl sites for hydroxylation is 2. The van der Waals surface area contributed by atoms with Gasteiger partial charge in [0, 0.05) is 11.4 Å². The van der Waals surface area contributed by atoms with Gasteiger partial charge in [-0.2, -0.15) is 0 Å². The van der Waals surface area contributed by atoms with Crippen LogP contribution in [0.4, 0.5) is 0 Å². The van der Waals surface area contributed by atoms with Crippen molar-refractivity contribution in [2.75, 3.05) is 0 Å². The Morgan fingerprint density at radius 1 is 1.46 bits per heavy atom. The summed E-state index contributed by atoms with van der Waals surface area (Å²) < 4.78 is 6.99. The topological polar surface area (TPSA) is 77.1 Å². The molecule has 0 spiro atoms. The van der Waals surface area contributed by atoms with E-state index in [1.807, 2.05) is 19.9 Å². The predicted octanol–water partition coefficient (Wildman–Crippen LogP) is 3.75. The minimum atomic E-state index is -0.366. The third kappa shape index (κ3) is 3.63. The summed E-state index contributed by atoms with van der Waals surface area (Å²) in [5.41, 5.74) is 1.24. The maximum Gasteiger partial charge on any atom is 0.263 e. The number of furan rings is 1. The number of carbonyl (C=O) groups is 1. The lowest BCUT2D eigenvalue weighted by molar-refractivity contribution is -0.120. The van der Waals surface area contributed by atoms with Gasteiger partial charge in [0.25, 0.3) is 5.56 Å². The lowest BCUT2D eigenvalue weighted by Gasteiger charge is -2.15. The molecule has 1 amide bonds. The van der Waals surface area contributed by atoms with Crippen LogP contribution in [0.15, 0.2) is 32.8 Å². The molecule has 0 unspecified atom stereocenters. The van der Waals surface area contributed by atoms with Crippen LogP contribution in [0, 0.1) is 0 Å². The zero-order valence-corrected chi connectivity index (χ0v) is 17.6. The molecule has 0 aromatic carbocycles. The Morgan fingerprint density at radius 3 is 3.07 bits per heavy atom. The van der Waals surface area contributed by atoms with E-state index >= 15 is 0 Å². The van der Waals surface area contributed by atoms with Gasteiger partial charge in [-0.3, -0.25) is 14.2 Å². The summed E-state index contributed by atoms with van der Waals surface area (Å²) in [6.07, 6.45) is 5.55. The first-order valence-corrected chi connectivity index (χ1v) is 11.3. The molecule has 1 aliphatic rings. The lowest BCUT2D eigenvalue weighted by atomic mass is 10.2. The second-order valence-corrected chi connectivity index (χ2v) is 9.34. The first-order valence-electron chi connectivity index (χ1n) is 9.60. The average molecular weight is 418 g/mol. The van der Waals surface area contributed by atoms with E-state index in [9.17, 15) is 9.59 Å². The van der Waals surface area contributed by atoms with Crippen LogP contribution in [0.3, 0.4) is 0 Å². The summed E-state index contributed by atoms with van der Waals surface area (Å²) >= 11 is 2.98. The first kappa shape index (κ1) is 19.3. The van der Waals surface area contributed by atoms with E-state index < -0.39 is 0 Å². The van der Waals surface area contributed by atoms with Gasteiger partial charge in [-0.25, -0.2) is 4.98 Å². The zero-order chi connectivity index (χ0) is 19.7. The maximum atomic E-state index is 13.2. The van der Waals surface area contributed by atoms with E-state index in [2.05, 4.69) is 5.32 Å². The second kappa shape index (κ2) is 8.13. The Kier molecular flexibility index (Phi) is 5.59. The Labute approximate surface area is 171 Å². The van der Waals surface area contributed by atoms with Crippen LogP contribution in [0.1, 0.15) is 42.9 Å². The van der Waals surface area contributed by atoms with Gasteiger partial charge in [0.1, 0.15) is 10.6 Å². The van der Waals surface area contributed by atoms with E-state index in [1.54, 1.807) is 28.2 Å². The number of carbonyl (C=O) groups excluding carboxylic acids is 1. The molecule has 1 N–H and O–H groups in total. The first-order chi connectivity index (χ1) is 13.6. The van der Waals surface area contributed by atoms with Gasteiger partial charge in [-0.05, 0) is 50.3 Å². The quantitative estimate of drug-likeness (QED) is 0.468. The molecule has 3 aromatic rings. The minimum Gasteiger partial charge on any atom is -0.467 e. The van der Waals surface area contributed by atoms with Crippen molar-refractivity contribution in [2.45, 2.75) is 63.0 Å². The SMILES string of the molecule is CCCn1c(S[C@@H](C)C(=O)NCc2ccco2)nc2sc3c(c2c1=O)CCC3. The minimum absolute atomic E-state index is 0.0388. The Bertz CT molecular complexity index is 1050. The van der Waals surface area contributed by atoms with Crippen molar-refractivity contribution in [1.82, 2.24) is 14.9 Å². The molecule has 3 heterocycles. The van der Waals surface area contributed by atoms with Gasteiger partial charge in [0.05, 0.1) is 23.4 Å². The summed E-state index contributed by atoms with van der Waals surface area (Å²) in [5, 5.41) is 3.93. The van der Waals surface area contributed by atoms with Crippen molar-refractivity contribution in [3.05, 3.63) is 45.0 Å². The number of nitrogens with one attached hydrogen (secondary N) is 1. The van der Waals surface area contributed by atoms with Crippen LogP contribution in [0.5, 0.6) is 0 Å². The van der Waals surface area contributed by atoms with Crippen molar-refractivity contribution in [3.8, 4) is 0 Å². The molecular weight excluding hydrogens is 394 g/mol. The Morgan fingerprint density at radius 2 is 2.32 bits per heavy atom. The fourth-order valence-corrected chi connectivity index (χ4v) is 5.77. The molecule has 0 saturated heterocycles. The van der Waals surface area contributed by atoms with Crippen LogP contribution in [0.25, 0.3) is 10.2 Å². The number of hydrogen-bond acceptors (Lipinski definition) is 6. The molecule has 1 atom stereocenters. The number of thiophene rings is 1. The monoisotopic (exact) mass is 417 g/mol. The molecule has 0 fully saturated rings. The molecule has 4 rings (SSSR count). The van der Waals surface area contributed by atoms with Gasteiger partial charge < -0.3 is 9.73 Å². The number of hydrogen-bond donors (Lipinski definition) is 1. The van der Waals surface area contributed by atoms with Gasteiger partial charge in [-0.1, -0.05) is 18.7 Å². The number of rotatable bonds is 7. The molecule has 28 heavy (non-hydrogen) atoms. The molecule has 6 nitrogen and oxygen atoms in total. The van der Waals surface area contributed by atoms with Crippen LogP contribution >= 0.6 is 23.1 Å². The van der Waals surface area contributed by atoms with Crippen molar-refractivity contribution in [1.29, 1.82) is 0 Å². The van der Waals surface area contributed by atoms with Crippen LogP contribution < -0.4 is 10.9 Å². The van der Waals surface area contributed by atoms with Crippen molar-refractivity contribution < 1.29 is 9.21 Å². The largest absolute Gasteiger partial charge is 0.467 e. The summed E-state index contributed by atoms with van der Waals surface area (Å²) in [6.45, 7) is 4.84. The molecule has 0 aliphatic heterocycles. The molecule has 0 bridgehead atoms. The van der Waals surface area contributed by atoms with Crippen LogP contribution in [-0.4, -0.2) is 20.7 Å². The molecule has 0 saturated carbocycles. The molecular formula is C20H23N3O3S2. The average Bonchev–Trinajstić information content (AvgIpc) is 3.39. The van der Waals surface area contributed by atoms with Crippen molar-refractivity contribution in [2.24, 2.45) is 0 Å². The predicted molar refractivity (Wildman–Crippen MR) is 112 cm³/mol. The molecule has 148 valence electrons. The number of fused-ring (bicyclic) bond motifs is 3. The molecule has 3 aromatic heterocycles. The van der Waals surface area contributed by atoms with Gasteiger partial charge in [0.15, 0.2) is 5.16 Å². The van der Waals surface area contributed by atoms with Crippen LogP contribution in [-0.2, 0) is 30.7 Å². The van der Waals surface area contributed by atoms with E-state index in [0.717, 1.165) is 35.9 Å². The fourth-order valence-electron chi connectivity index (χ4n) is 3.51. The van der Waals surface area contributed by atoms with E-state index in [-0.39, 0.29) is 16.7 Å². The highest BCUT2D eigenvalue weighted by Gasteiger charge is 2.25. The molecule has 8 heteroatoms. The van der Waals surface area contributed by atoms with Crippen LogP contribution in [0.2, 0.25) is 0 Å². The number of thioether (sulfide) groups is 1. The smallest absolute Gasteiger partial charge is 0.263 e. The van der Waals surface area contributed by atoms with E-state index in [0.29, 0.717) is 24.0 Å². The maximum absolute atomic E-state index is 13.2. The fraction of sp³-hybridized carbons (Fsp3) is 0.450. The normalized spacial score (nSPS) is 14.4. The highest BCUT2D eigenvalue weighted by atomic mass is 32.2. The third-order valence-corrected chi connectivity index (χ3v) is 7.18. The second-order valence-electron chi connectivity index (χ2n) is 6.95. The van der Waals surface area contributed by atoms with E-state index in [1.165, 1.54) is 22.2 Å². The highest BCUT2D eigenvalue weighted by Crippen LogP contribution is 2.36. The molecule has 0 radical (unpaired) electrons. The van der Waals surface area contributed by atoms with Gasteiger partial charge in [-0.15, -0.1) is 11.3 Å². The summed E-state index contributed by atoms with van der Waals surface area (Å²) in [4.78, 5) is 32.6. The lowest BCUT2D eigenvalue weighted by Crippen LogP contribution is -2.31. The summed E-state index contributed by atoms with van der Waals surface area (Å²) in [7, 11) is 0. The summed E-state index contributed by atoms with van der Waals surface area (Å²) in [6, 6.07) is 3.61. The highest BCUT2D eigenvalue weighted by molar-refractivity contribution is 8.00.